The van der Waals surface area contributed by atoms with E-state index in [1.807, 2.05) is 0 Å². The van der Waals surface area contributed by atoms with Crippen LogP contribution in [0.4, 0.5) is 0 Å². The molecular weight excluding hydrogens is 224 g/mol. The van der Waals surface area contributed by atoms with E-state index in [9.17, 15) is 5.11 Å². The predicted molar refractivity (Wildman–Crippen MR) is 74.3 cm³/mol. The van der Waals surface area contributed by atoms with E-state index in [0.29, 0.717) is 11.8 Å². The molecule has 1 fully saturated rings. The lowest BCUT2D eigenvalue weighted by molar-refractivity contribution is 0.269. The van der Waals surface area contributed by atoms with Gasteiger partial charge >= 0.3 is 0 Å². The van der Waals surface area contributed by atoms with E-state index in [0.717, 1.165) is 18.1 Å². The first-order chi connectivity index (χ1) is 8.67. The molecule has 1 aromatic carbocycles. The Morgan fingerprint density at radius 1 is 1.33 bits per heavy atom. The Balaban J connectivity index is 2.29. The average molecular weight is 248 g/mol. The van der Waals surface area contributed by atoms with E-state index in [1.165, 1.54) is 24.0 Å². The Hall–Kier alpha value is -1.02. The molecule has 1 aliphatic carbocycles. The van der Waals surface area contributed by atoms with Crippen molar-refractivity contribution >= 4 is 0 Å². The molecule has 2 rings (SSSR count). The number of hydrogen-bond donors (Lipinski definition) is 1. The van der Waals surface area contributed by atoms with Gasteiger partial charge in [0.05, 0.1) is 7.11 Å². The van der Waals surface area contributed by atoms with Crippen LogP contribution < -0.4 is 4.74 Å². The molecule has 0 aliphatic heterocycles. The average Bonchev–Trinajstić information content (AvgIpc) is 3.19. The number of aliphatic hydroxyl groups excluding tert-OH is 1. The quantitative estimate of drug-likeness (QED) is 0.832. The van der Waals surface area contributed by atoms with Crippen LogP contribution in [0.3, 0.4) is 0 Å². The molecule has 1 unspecified atom stereocenters. The standard InChI is InChI=1S/C16H24O2/c1-11(2)15-10-13(6-7-16(15)18-3)14(8-9-17)12-4-5-12/h6-7,10-12,14,17H,4-5,8-9H2,1-3H3. The third kappa shape index (κ3) is 2.86. The Morgan fingerprint density at radius 2 is 2.06 bits per heavy atom. The molecule has 0 spiro atoms. The van der Waals surface area contributed by atoms with Crippen LogP contribution in [0.2, 0.25) is 0 Å². The number of benzene rings is 1. The van der Waals surface area contributed by atoms with Crippen molar-refractivity contribution in [1.29, 1.82) is 0 Å². The highest BCUT2D eigenvalue weighted by Gasteiger charge is 2.32. The molecule has 1 aromatic rings. The number of rotatable bonds is 6. The SMILES string of the molecule is COc1ccc(C(CCO)C2CC2)cc1C(C)C. The highest BCUT2D eigenvalue weighted by molar-refractivity contribution is 5.41. The van der Waals surface area contributed by atoms with Gasteiger partial charge in [-0.1, -0.05) is 26.0 Å². The minimum Gasteiger partial charge on any atom is -0.496 e. The smallest absolute Gasteiger partial charge is 0.122 e. The van der Waals surface area contributed by atoms with E-state index in [2.05, 4.69) is 32.0 Å². The molecule has 0 amide bonds. The summed E-state index contributed by atoms with van der Waals surface area (Å²) >= 11 is 0. The van der Waals surface area contributed by atoms with Crippen LogP contribution in [0, 0.1) is 5.92 Å². The molecular formula is C16H24O2. The lowest BCUT2D eigenvalue weighted by Gasteiger charge is -2.19. The number of hydrogen-bond acceptors (Lipinski definition) is 2. The summed E-state index contributed by atoms with van der Waals surface area (Å²) in [5.74, 6) is 2.75. The topological polar surface area (TPSA) is 29.5 Å². The number of methoxy groups -OCH3 is 1. The Kier molecular flexibility index (Phi) is 4.28. The van der Waals surface area contributed by atoms with Crippen LogP contribution in [-0.4, -0.2) is 18.8 Å². The first kappa shape index (κ1) is 13.4. The fourth-order valence-corrected chi connectivity index (χ4v) is 2.75. The fourth-order valence-electron chi connectivity index (χ4n) is 2.75. The van der Waals surface area contributed by atoms with Crippen molar-refractivity contribution < 1.29 is 9.84 Å². The zero-order valence-corrected chi connectivity index (χ0v) is 11.6. The summed E-state index contributed by atoms with van der Waals surface area (Å²) in [5, 5.41) is 9.23. The molecule has 18 heavy (non-hydrogen) atoms. The van der Waals surface area contributed by atoms with Crippen molar-refractivity contribution in [3.8, 4) is 5.75 Å². The molecule has 0 radical (unpaired) electrons. The summed E-state index contributed by atoms with van der Waals surface area (Å²) in [7, 11) is 1.73. The highest BCUT2D eigenvalue weighted by atomic mass is 16.5. The molecule has 1 atom stereocenters. The van der Waals surface area contributed by atoms with Gasteiger partial charge in [0.1, 0.15) is 5.75 Å². The first-order valence-corrected chi connectivity index (χ1v) is 6.96. The van der Waals surface area contributed by atoms with Gasteiger partial charge in [-0.3, -0.25) is 0 Å². The molecule has 1 saturated carbocycles. The van der Waals surface area contributed by atoms with Crippen molar-refractivity contribution in [2.24, 2.45) is 5.92 Å². The maximum atomic E-state index is 9.23. The summed E-state index contributed by atoms with van der Waals surface area (Å²) < 4.78 is 5.43. The molecule has 2 heteroatoms. The van der Waals surface area contributed by atoms with Gasteiger partial charge in [0, 0.05) is 6.61 Å². The lowest BCUT2D eigenvalue weighted by Crippen LogP contribution is -2.05. The molecule has 1 aliphatic rings. The van der Waals surface area contributed by atoms with Gasteiger partial charge in [0.15, 0.2) is 0 Å². The molecule has 100 valence electrons. The van der Waals surface area contributed by atoms with Gasteiger partial charge in [-0.2, -0.15) is 0 Å². The van der Waals surface area contributed by atoms with Gasteiger partial charge in [0.25, 0.3) is 0 Å². The van der Waals surface area contributed by atoms with Gasteiger partial charge in [0.2, 0.25) is 0 Å². The maximum Gasteiger partial charge on any atom is 0.122 e. The van der Waals surface area contributed by atoms with Gasteiger partial charge < -0.3 is 9.84 Å². The van der Waals surface area contributed by atoms with E-state index < -0.39 is 0 Å². The van der Waals surface area contributed by atoms with Crippen molar-refractivity contribution in [2.75, 3.05) is 13.7 Å². The van der Waals surface area contributed by atoms with E-state index in [-0.39, 0.29) is 6.61 Å². The summed E-state index contributed by atoms with van der Waals surface area (Å²) in [6.45, 7) is 4.67. The van der Waals surface area contributed by atoms with Crippen molar-refractivity contribution in [3.05, 3.63) is 29.3 Å². The summed E-state index contributed by atoms with van der Waals surface area (Å²) in [6, 6.07) is 6.53. The zero-order chi connectivity index (χ0) is 13.1. The minimum atomic E-state index is 0.282. The van der Waals surface area contributed by atoms with Crippen LogP contribution in [0.5, 0.6) is 5.75 Å². The van der Waals surface area contributed by atoms with Crippen LogP contribution in [0.15, 0.2) is 18.2 Å². The Labute approximate surface area is 110 Å². The van der Waals surface area contributed by atoms with Crippen molar-refractivity contribution in [3.63, 3.8) is 0 Å². The number of ether oxygens (including phenoxy) is 1. The molecule has 2 nitrogen and oxygen atoms in total. The number of aliphatic hydroxyl groups is 1. The molecule has 0 bridgehead atoms. The van der Waals surface area contributed by atoms with Crippen LogP contribution in [0.25, 0.3) is 0 Å². The third-order valence-electron chi connectivity index (χ3n) is 3.94. The molecule has 1 N–H and O–H groups in total. The molecule has 0 saturated heterocycles. The fraction of sp³-hybridized carbons (Fsp3) is 0.625. The summed E-state index contributed by atoms with van der Waals surface area (Å²) in [5.41, 5.74) is 2.65. The normalized spacial score (nSPS) is 16.9. The highest BCUT2D eigenvalue weighted by Crippen LogP contribution is 2.45. The van der Waals surface area contributed by atoms with Crippen LogP contribution in [0.1, 0.15) is 56.1 Å². The first-order valence-electron chi connectivity index (χ1n) is 6.96. The minimum absolute atomic E-state index is 0.282. The monoisotopic (exact) mass is 248 g/mol. The summed E-state index contributed by atoms with van der Waals surface area (Å²) in [6.07, 6.45) is 3.51. The van der Waals surface area contributed by atoms with E-state index >= 15 is 0 Å². The van der Waals surface area contributed by atoms with Gasteiger partial charge in [-0.25, -0.2) is 0 Å². The lowest BCUT2D eigenvalue weighted by atomic mass is 9.88. The molecule has 0 heterocycles. The largest absolute Gasteiger partial charge is 0.496 e. The second-order valence-electron chi connectivity index (χ2n) is 5.61. The van der Waals surface area contributed by atoms with Crippen LogP contribution in [-0.2, 0) is 0 Å². The third-order valence-corrected chi connectivity index (χ3v) is 3.94. The Morgan fingerprint density at radius 3 is 2.56 bits per heavy atom. The molecule has 0 aromatic heterocycles. The van der Waals surface area contributed by atoms with Gasteiger partial charge in [-0.05, 0) is 54.2 Å². The van der Waals surface area contributed by atoms with Crippen LogP contribution >= 0.6 is 0 Å². The zero-order valence-electron chi connectivity index (χ0n) is 11.6. The van der Waals surface area contributed by atoms with E-state index in [4.69, 9.17) is 4.74 Å². The Bertz CT molecular complexity index is 394. The second kappa shape index (κ2) is 5.75. The second-order valence-corrected chi connectivity index (χ2v) is 5.61. The maximum absolute atomic E-state index is 9.23. The van der Waals surface area contributed by atoms with Crippen molar-refractivity contribution in [1.82, 2.24) is 0 Å². The van der Waals surface area contributed by atoms with Crippen molar-refractivity contribution in [2.45, 2.75) is 44.9 Å². The predicted octanol–water partition coefficient (Wildman–Crippen LogP) is 3.69. The summed E-state index contributed by atoms with van der Waals surface area (Å²) in [4.78, 5) is 0. The van der Waals surface area contributed by atoms with Gasteiger partial charge in [-0.15, -0.1) is 0 Å². The van der Waals surface area contributed by atoms with E-state index in [1.54, 1.807) is 7.11 Å².